The number of amides is 1. The molecule has 3 fully saturated rings. The summed E-state index contributed by atoms with van der Waals surface area (Å²) in [5, 5.41) is 14.6. The van der Waals surface area contributed by atoms with Gasteiger partial charge >= 0.3 is 0 Å². The molecule has 4 atom stereocenters. The van der Waals surface area contributed by atoms with Crippen LogP contribution in [-0.4, -0.2) is 74.8 Å². The molecule has 4 heterocycles. The van der Waals surface area contributed by atoms with Crippen molar-refractivity contribution in [2.75, 3.05) is 20.8 Å². The van der Waals surface area contributed by atoms with Crippen molar-refractivity contribution in [1.29, 1.82) is 0 Å². The lowest BCUT2D eigenvalue weighted by Crippen LogP contribution is -2.38. The van der Waals surface area contributed by atoms with Crippen LogP contribution in [0.25, 0.3) is 33.6 Å². The van der Waals surface area contributed by atoms with Gasteiger partial charge in [0.2, 0.25) is 17.7 Å². The Bertz CT molecular complexity index is 1860. The molecule has 0 radical (unpaired) electrons. The molecule has 1 aliphatic carbocycles. The number of aromatic nitrogens is 4. The third-order valence-electron chi connectivity index (χ3n) is 10.2. The highest BCUT2D eigenvalue weighted by Gasteiger charge is 2.43. The monoisotopic (exact) mass is 702 g/mol. The maximum Gasteiger partial charge on any atom is 0.237 e. The third kappa shape index (κ3) is 6.84. The van der Waals surface area contributed by atoms with Crippen LogP contribution in [0.5, 0.6) is 11.8 Å². The number of nitrogens with one attached hydrogen (secondary N) is 1. The van der Waals surface area contributed by atoms with Gasteiger partial charge in [-0.05, 0) is 57.4 Å². The van der Waals surface area contributed by atoms with Crippen molar-refractivity contribution in [1.82, 2.24) is 30.2 Å². The SMILES string of the molecule is COc1nc(-c2cccc(-c3cccc(-c4cnc(CN5CC[C@@H]6CC[C@@H](O)[C@@H]65)c(OC)n4)c3Cl)c2Cl)cnc1CCC[C@@H]1CCC(=O)N1. The Morgan fingerprint density at radius 2 is 1.47 bits per heavy atom. The smallest absolute Gasteiger partial charge is 0.237 e. The fraction of sp³-hybridized carbons (Fsp3) is 0.432. The first-order valence-electron chi connectivity index (χ1n) is 16.9. The van der Waals surface area contributed by atoms with Gasteiger partial charge in [0.1, 0.15) is 11.4 Å². The van der Waals surface area contributed by atoms with E-state index in [0.717, 1.165) is 67.6 Å². The average molecular weight is 704 g/mol. The molecule has 2 aromatic heterocycles. The number of aliphatic hydroxyl groups is 1. The van der Waals surface area contributed by atoms with E-state index >= 15 is 0 Å². The largest absolute Gasteiger partial charge is 0.480 e. The fourth-order valence-corrected chi connectivity index (χ4v) is 8.35. The lowest BCUT2D eigenvalue weighted by atomic mass is 9.98. The minimum Gasteiger partial charge on any atom is -0.480 e. The van der Waals surface area contributed by atoms with E-state index in [1.54, 1.807) is 26.6 Å². The fourth-order valence-electron chi connectivity index (χ4n) is 7.70. The molecule has 2 aliphatic heterocycles. The topological polar surface area (TPSA) is 123 Å². The van der Waals surface area contributed by atoms with E-state index in [-0.39, 0.29) is 24.1 Å². The van der Waals surface area contributed by atoms with Crippen LogP contribution in [0.4, 0.5) is 0 Å². The Kier molecular flexibility index (Phi) is 10.0. The molecule has 1 amide bonds. The summed E-state index contributed by atoms with van der Waals surface area (Å²) < 4.78 is 11.3. The second-order valence-electron chi connectivity index (χ2n) is 13.1. The first kappa shape index (κ1) is 33.7. The maximum atomic E-state index is 11.5. The molecule has 4 aromatic rings. The number of aryl methyl sites for hydroxylation is 1. The van der Waals surface area contributed by atoms with Crippen LogP contribution in [0, 0.1) is 5.92 Å². The number of aliphatic hydroxyl groups excluding tert-OH is 1. The predicted octanol–water partition coefficient (Wildman–Crippen LogP) is 6.54. The number of carbonyl (C=O) groups excluding carboxylic acids is 1. The molecule has 7 rings (SSSR count). The van der Waals surface area contributed by atoms with E-state index in [2.05, 4.69) is 10.2 Å². The number of likely N-dealkylation sites (tertiary alicyclic amines) is 1. The Morgan fingerprint density at radius 1 is 0.857 bits per heavy atom. The quantitative estimate of drug-likeness (QED) is 0.179. The van der Waals surface area contributed by atoms with Gasteiger partial charge in [-0.1, -0.05) is 59.6 Å². The van der Waals surface area contributed by atoms with E-state index in [1.165, 1.54) is 0 Å². The van der Waals surface area contributed by atoms with Gasteiger partial charge in [0.05, 0.1) is 54.2 Å². The second kappa shape index (κ2) is 14.6. The van der Waals surface area contributed by atoms with Crippen molar-refractivity contribution < 1.29 is 19.4 Å². The van der Waals surface area contributed by atoms with Crippen LogP contribution in [0.2, 0.25) is 10.0 Å². The Labute approximate surface area is 296 Å². The first-order chi connectivity index (χ1) is 23.8. The Balaban J connectivity index is 1.12. The number of halogens is 2. The summed E-state index contributed by atoms with van der Waals surface area (Å²) in [5.41, 5.74) is 5.56. The maximum absolute atomic E-state index is 11.5. The highest BCUT2D eigenvalue weighted by molar-refractivity contribution is 6.39. The standard InChI is InChI=1S/C37H40Cl2N6O4/c1-48-36-27(11-3-6-22-13-15-32(47)42-22)40-18-28(43-36)25-9-4-7-23(33(25)38)24-8-5-10-26(34(24)39)29-19-41-30(37(44-29)49-2)20-45-17-16-21-12-14-31(46)35(21)45/h4-5,7-10,18-19,21-22,31,35,46H,3,6,11-17,20H2,1-2H3,(H,42,47)/t21-,22+,31+,35+/m0/s1. The zero-order chi connectivity index (χ0) is 34.1. The molecule has 2 aromatic carbocycles. The molecule has 0 spiro atoms. The second-order valence-corrected chi connectivity index (χ2v) is 13.9. The summed E-state index contributed by atoms with van der Waals surface area (Å²) >= 11 is 14.2. The van der Waals surface area contributed by atoms with Gasteiger partial charge < -0.3 is 19.9 Å². The molecule has 10 nitrogen and oxygen atoms in total. The molecular weight excluding hydrogens is 663 g/mol. The van der Waals surface area contributed by atoms with Gasteiger partial charge in [-0.2, -0.15) is 0 Å². The van der Waals surface area contributed by atoms with Crippen molar-refractivity contribution in [2.45, 2.75) is 76.1 Å². The number of methoxy groups -OCH3 is 2. The molecule has 12 heteroatoms. The van der Waals surface area contributed by atoms with E-state index in [4.69, 9.17) is 52.6 Å². The van der Waals surface area contributed by atoms with Crippen molar-refractivity contribution in [2.24, 2.45) is 5.92 Å². The first-order valence-corrected chi connectivity index (χ1v) is 17.7. The highest BCUT2D eigenvalue weighted by Crippen LogP contribution is 2.43. The number of fused-ring (bicyclic) bond motifs is 1. The van der Waals surface area contributed by atoms with Crippen LogP contribution in [0.15, 0.2) is 48.8 Å². The van der Waals surface area contributed by atoms with Gasteiger partial charge in [0, 0.05) is 47.3 Å². The molecule has 0 unspecified atom stereocenters. The molecular formula is C37H40Cl2N6O4. The molecule has 1 saturated carbocycles. The summed E-state index contributed by atoms with van der Waals surface area (Å²) in [6.45, 7) is 1.50. The number of nitrogens with zero attached hydrogens (tertiary/aromatic N) is 5. The van der Waals surface area contributed by atoms with Crippen molar-refractivity contribution in [3.8, 4) is 45.4 Å². The van der Waals surface area contributed by atoms with Crippen LogP contribution >= 0.6 is 23.2 Å². The van der Waals surface area contributed by atoms with Gasteiger partial charge in [0.25, 0.3) is 0 Å². The normalized spacial score (nSPS) is 21.9. The summed E-state index contributed by atoms with van der Waals surface area (Å²) in [5.74, 6) is 1.56. The number of hydrogen-bond acceptors (Lipinski definition) is 9. The predicted molar refractivity (Wildman–Crippen MR) is 189 cm³/mol. The highest BCUT2D eigenvalue weighted by atomic mass is 35.5. The van der Waals surface area contributed by atoms with Crippen LogP contribution < -0.4 is 14.8 Å². The van der Waals surface area contributed by atoms with Crippen molar-refractivity contribution >= 4 is 29.1 Å². The van der Waals surface area contributed by atoms with Gasteiger partial charge in [0.15, 0.2) is 0 Å². The van der Waals surface area contributed by atoms with Crippen LogP contribution in [0.3, 0.4) is 0 Å². The number of benzene rings is 2. The van der Waals surface area contributed by atoms with Crippen molar-refractivity contribution in [3.05, 3.63) is 70.2 Å². The molecule has 2 saturated heterocycles. The van der Waals surface area contributed by atoms with Crippen LogP contribution in [-0.2, 0) is 17.8 Å². The summed E-state index contributed by atoms with van der Waals surface area (Å²) in [7, 11) is 3.18. The zero-order valence-corrected chi connectivity index (χ0v) is 29.2. The van der Waals surface area contributed by atoms with Gasteiger partial charge in [-0.15, -0.1) is 0 Å². The number of hydrogen-bond donors (Lipinski definition) is 2. The number of ether oxygens (including phenoxy) is 2. The molecule has 3 aliphatic rings. The average Bonchev–Trinajstić information content (AvgIpc) is 3.83. The van der Waals surface area contributed by atoms with Crippen LogP contribution in [0.1, 0.15) is 56.3 Å². The molecule has 0 bridgehead atoms. The number of carbonyl (C=O) groups is 1. The van der Waals surface area contributed by atoms with Crippen molar-refractivity contribution in [3.63, 3.8) is 0 Å². The van der Waals surface area contributed by atoms with E-state index in [1.807, 2.05) is 36.4 Å². The molecule has 49 heavy (non-hydrogen) atoms. The van der Waals surface area contributed by atoms with E-state index in [0.29, 0.717) is 69.6 Å². The molecule has 2 N–H and O–H groups in total. The Morgan fingerprint density at radius 3 is 2.08 bits per heavy atom. The third-order valence-corrected chi connectivity index (χ3v) is 11.0. The van der Waals surface area contributed by atoms with Gasteiger partial charge in [-0.25, -0.2) is 9.97 Å². The summed E-state index contributed by atoms with van der Waals surface area (Å²) in [4.78, 5) is 32.9. The minimum atomic E-state index is -0.296. The lowest BCUT2D eigenvalue weighted by molar-refractivity contribution is -0.119. The molecule has 256 valence electrons. The minimum absolute atomic E-state index is 0.124. The van der Waals surface area contributed by atoms with E-state index < -0.39 is 0 Å². The van der Waals surface area contributed by atoms with Gasteiger partial charge in [-0.3, -0.25) is 19.7 Å². The summed E-state index contributed by atoms with van der Waals surface area (Å²) in [6, 6.07) is 11.9. The van der Waals surface area contributed by atoms with E-state index in [9.17, 15) is 9.90 Å². The lowest BCUT2D eigenvalue weighted by Gasteiger charge is -2.26. The Hall–Kier alpha value is -3.83. The summed E-state index contributed by atoms with van der Waals surface area (Å²) in [6.07, 6.45) is 10.1. The number of rotatable bonds is 11. The zero-order valence-electron chi connectivity index (χ0n) is 27.7.